The molecule has 0 radical (unpaired) electrons. The van der Waals surface area contributed by atoms with E-state index < -0.39 is 12.0 Å². The van der Waals surface area contributed by atoms with Gasteiger partial charge in [0.2, 0.25) is 11.8 Å². The fraction of sp³-hybridized carbons (Fsp3) is 0.355. The van der Waals surface area contributed by atoms with Gasteiger partial charge in [-0.05, 0) is 18.4 Å². The van der Waals surface area contributed by atoms with Gasteiger partial charge in [-0.25, -0.2) is 9.79 Å². The van der Waals surface area contributed by atoms with Crippen LogP contribution in [0.25, 0.3) is 5.70 Å². The van der Waals surface area contributed by atoms with Crippen LogP contribution in [0.1, 0.15) is 37.4 Å². The Morgan fingerprint density at radius 3 is 2.31 bits per heavy atom. The fourth-order valence-electron chi connectivity index (χ4n) is 5.45. The molecule has 220 valence electrons. The molecule has 0 aromatic heterocycles. The normalized spacial score (nSPS) is 18.3. The van der Waals surface area contributed by atoms with Crippen LogP contribution >= 0.6 is 11.8 Å². The predicted octanol–water partition coefficient (Wildman–Crippen LogP) is 4.06. The van der Waals surface area contributed by atoms with Crippen molar-refractivity contribution in [3.05, 3.63) is 76.3 Å². The lowest BCUT2D eigenvalue weighted by Crippen LogP contribution is -2.50. The number of nitrogens with zero attached hydrogens (tertiary/aromatic N) is 4. The molecule has 42 heavy (non-hydrogen) atoms. The average molecular weight is 591 g/mol. The van der Waals surface area contributed by atoms with Crippen LogP contribution in [-0.4, -0.2) is 84.7 Å². The molecule has 2 amide bonds. The van der Waals surface area contributed by atoms with Crippen molar-refractivity contribution in [3.63, 3.8) is 0 Å². The van der Waals surface area contributed by atoms with Crippen LogP contribution in [0, 0.1) is 0 Å². The van der Waals surface area contributed by atoms with E-state index in [0.717, 1.165) is 5.56 Å². The standard InChI is InChI=1S/C31H34N4O6S/c1-5-41-30(38)26-27(21-10-7-6-8-11-21)32-31-35(28(26)23-12-9-13-24(39-3)29(23)40-4)22(19-42-31)18-25(37)34-16-14-33(15-17-34)20(2)36/h6-13,19,28H,5,14-18H2,1-4H3/t28-/m0/s1. The Labute approximate surface area is 249 Å². The molecule has 0 bridgehead atoms. The van der Waals surface area contributed by atoms with Crippen molar-refractivity contribution >= 4 is 40.4 Å². The van der Waals surface area contributed by atoms with E-state index in [1.54, 1.807) is 43.9 Å². The minimum atomic E-state index is -0.708. The van der Waals surface area contributed by atoms with Crippen LogP contribution in [-0.2, 0) is 19.1 Å². The van der Waals surface area contributed by atoms with Gasteiger partial charge in [-0.15, -0.1) is 0 Å². The minimum Gasteiger partial charge on any atom is -0.493 e. The summed E-state index contributed by atoms with van der Waals surface area (Å²) in [6.45, 7) is 5.45. The molecule has 0 unspecified atom stereocenters. The van der Waals surface area contributed by atoms with Crippen LogP contribution in [0.3, 0.4) is 0 Å². The number of amidine groups is 1. The van der Waals surface area contributed by atoms with E-state index in [9.17, 15) is 14.4 Å². The molecule has 11 heteroatoms. The number of ether oxygens (including phenoxy) is 3. The summed E-state index contributed by atoms with van der Waals surface area (Å²) >= 11 is 1.41. The summed E-state index contributed by atoms with van der Waals surface area (Å²) in [5, 5.41) is 2.56. The van der Waals surface area contributed by atoms with Crippen molar-refractivity contribution in [1.82, 2.24) is 14.7 Å². The molecule has 0 saturated carbocycles. The first-order valence-corrected chi connectivity index (χ1v) is 14.7. The third-order valence-corrected chi connectivity index (χ3v) is 8.38. The first-order valence-electron chi connectivity index (χ1n) is 13.8. The number of rotatable bonds is 8. The zero-order valence-corrected chi connectivity index (χ0v) is 25.0. The van der Waals surface area contributed by atoms with Gasteiger partial charge in [-0.3, -0.25) is 9.59 Å². The SMILES string of the molecule is CCOC(=O)C1=C(c2ccccc2)N=C2SC=C(CC(=O)N3CCN(C(C)=O)CC3)N2[C@H]1c1cccc(OC)c1OC. The average Bonchev–Trinajstić information content (AvgIpc) is 3.42. The Bertz CT molecular complexity index is 1460. The number of thioether (sulfide) groups is 1. The maximum Gasteiger partial charge on any atom is 0.338 e. The molecule has 5 rings (SSSR count). The summed E-state index contributed by atoms with van der Waals surface area (Å²) < 4.78 is 17.1. The van der Waals surface area contributed by atoms with Crippen LogP contribution in [0.4, 0.5) is 0 Å². The number of methoxy groups -OCH3 is 2. The van der Waals surface area contributed by atoms with E-state index in [1.807, 2.05) is 52.8 Å². The quantitative estimate of drug-likeness (QED) is 0.425. The number of hydrogen-bond acceptors (Lipinski definition) is 9. The number of para-hydroxylation sites is 1. The van der Waals surface area contributed by atoms with Gasteiger partial charge in [0, 0.05) is 49.9 Å². The number of carbonyl (C=O) groups excluding carboxylic acids is 3. The van der Waals surface area contributed by atoms with E-state index >= 15 is 0 Å². The molecule has 10 nitrogen and oxygen atoms in total. The van der Waals surface area contributed by atoms with Crippen LogP contribution < -0.4 is 9.47 Å². The molecule has 0 N–H and O–H groups in total. The molecule has 3 aliphatic rings. The molecule has 0 aliphatic carbocycles. The highest BCUT2D eigenvalue weighted by molar-refractivity contribution is 8.16. The first kappa shape index (κ1) is 29.2. The van der Waals surface area contributed by atoms with Crippen LogP contribution in [0.5, 0.6) is 11.5 Å². The first-order chi connectivity index (χ1) is 20.4. The van der Waals surface area contributed by atoms with Crippen molar-refractivity contribution in [2.45, 2.75) is 26.3 Å². The summed E-state index contributed by atoms with van der Waals surface area (Å²) in [6, 6.07) is 14.3. The van der Waals surface area contributed by atoms with Gasteiger partial charge in [0.15, 0.2) is 16.7 Å². The Balaban J connectivity index is 1.59. The number of aliphatic imine (C=N–C) groups is 1. The van der Waals surface area contributed by atoms with Crippen molar-refractivity contribution in [2.24, 2.45) is 4.99 Å². The zero-order chi connectivity index (χ0) is 29.8. The number of fused-ring (bicyclic) bond motifs is 1. The number of esters is 1. The molecular weight excluding hydrogens is 556 g/mol. The summed E-state index contributed by atoms with van der Waals surface area (Å²) in [6.07, 6.45) is 0.103. The second-order valence-corrected chi connectivity index (χ2v) is 10.7. The van der Waals surface area contributed by atoms with Gasteiger partial charge >= 0.3 is 5.97 Å². The summed E-state index contributed by atoms with van der Waals surface area (Å²) in [7, 11) is 3.12. The van der Waals surface area contributed by atoms with Gasteiger partial charge in [-0.1, -0.05) is 54.2 Å². The zero-order valence-electron chi connectivity index (χ0n) is 24.2. The molecule has 3 heterocycles. The van der Waals surface area contributed by atoms with Crippen molar-refractivity contribution in [3.8, 4) is 11.5 Å². The maximum atomic E-state index is 13.8. The highest BCUT2D eigenvalue weighted by Gasteiger charge is 2.44. The summed E-state index contributed by atoms with van der Waals surface area (Å²) in [4.78, 5) is 49.5. The number of benzene rings is 2. The second kappa shape index (κ2) is 12.7. The highest BCUT2D eigenvalue weighted by Crippen LogP contribution is 2.50. The monoisotopic (exact) mass is 590 g/mol. The van der Waals surface area contributed by atoms with E-state index in [2.05, 4.69) is 0 Å². The lowest BCUT2D eigenvalue weighted by atomic mass is 9.90. The van der Waals surface area contributed by atoms with Gasteiger partial charge in [0.25, 0.3) is 0 Å². The third-order valence-electron chi connectivity index (χ3n) is 7.49. The maximum absolute atomic E-state index is 13.8. The topological polar surface area (TPSA) is 101 Å². The van der Waals surface area contributed by atoms with E-state index in [-0.39, 0.29) is 24.8 Å². The Morgan fingerprint density at radius 2 is 1.67 bits per heavy atom. The Kier molecular flexibility index (Phi) is 8.86. The predicted molar refractivity (Wildman–Crippen MR) is 161 cm³/mol. The van der Waals surface area contributed by atoms with E-state index in [4.69, 9.17) is 19.2 Å². The van der Waals surface area contributed by atoms with Crippen LogP contribution in [0.2, 0.25) is 0 Å². The molecule has 1 atom stereocenters. The molecular formula is C31H34N4O6S. The number of hydrogen-bond donors (Lipinski definition) is 0. The molecule has 1 saturated heterocycles. The summed E-state index contributed by atoms with van der Waals surface area (Å²) in [5.74, 6) is 0.438. The largest absolute Gasteiger partial charge is 0.493 e. The lowest BCUT2D eigenvalue weighted by Gasteiger charge is -2.38. The van der Waals surface area contributed by atoms with Crippen molar-refractivity contribution in [2.75, 3.05) is 47.0 Å². The summed E-state index contributed by atoms with van der Waals surface area (Å²) in [5.41, 5.74) is 3.00. The Hall–Kier alpha value is -4.25. The smallest absolute Gasteiger partial charge is 0.338 e. The molecule has 1 fully saturated rings. The van der Waals surface area contributed by atoms with Gasteiger partial charge in [0.1, 0.15) is 0 Å². The molecule has 0 spiro atoms. The van der Waals surface area contributed by atoms with E-state index in [0.29, 0.717) is 65.4 Å². The van der Waals surface area contributed by atoms with Crippen LogP contribution in [0.15, 0.2) is 70.2 Å². The fourth-order valence-corrected chi connectivity index (χ4v) is 6.37. The van der Waals surface area contributed by atoms with Gasteiger partial charge in [-0.2, -0.15) is 0 Å². The van der Waals surface area contributed by atoms with Crippen molar-refractivity contribution in [1.29, 1.82) is 0 Å². The lowest BCUT2D eigenvalue weighted by molar-refractivity contribution is -0.139. The number of carbonyl (C=O) groups is 3. The molecule has 2 aromatic rings. The third kappa shape index (κ3) is 5.61. The molecule has 2 aromatic carbocycles. The van der Waals surface area contributed by atoms with Crippen molar-refractivity contribution < 1.29 is 28.6 Å². The number of amides is 2. The molecule has 3 aliphatic heterocycles. The minimum absolute atomic E-state index is 0.00810. The number of piperazine rings is 1. The second-order valence-electron chi connectivity index (χ2n) is 9.89. The van der Waals surface area contributed by atoms with Gasteiger partial charge < -0.3 is 28.9 Å². The van der Waals surface area contributed by atoms with Gasteiger partial charge in [0.05, 0.1) is 44.6 Å². The highest BCUT2D eigenvalue weighted by atomic mass is 32.2. The Morgan fingerprint density at radius 1 is 0.952 bits per heavy atom. The van der Waals surface area contributed by atoms with E-state index in [1.165, 1.54) is 11.8 Å².